The summed E-state index contributed by atoms with van der Waals surface area (Å²) < 4.78 is 15.5. The van der Waals surface area contributed by atoms with Gasteiger partial charge in [0.05, 0.1) is 26.4 Å². The van der Waals surface area contributed by atoms with E-state index in [4.69, 9.17) is 25.8 Å². The summed E-state index contributed by atoms with van der Waals surface area (Å²) in [6.45, 7) is 0. The van der Waals surface area contributed by atoms with Crippen LogP contribution < -0.4 is 19.5 Å². The van der Waals surface area contributed by atoms with E-state index in [1.807, 2.05) is 6.07 Å². The number of carbonyl (C=O) groups excluding carboxylic acids is 1. The number of methoxy groups -OCH3 is 3. The minimum Gasteiger partial charge on any atom is -0.497 e. The molecule has 0 aliphatic heterocycles. The molecule has 2 rings (SSSR count). The van der Waals surface area contributed by atoms with Crippen molar-refractivity contribution in [2.75, 3.05) is 26.6 Å². The lowest BCUT2D eigenvalue weighted by Gasteiger charge is -2.10. The van der Waals surface area contributed by atoms with Gasteiger partial charge in [-0.1, -0.05) is 11.6 Å². The largest absolute Gasteiger partial charge is 0.497 e. The van der Waals surface area contributed by atoms with Crippen molar-refractivity contribution in [1.82, 2.24) is 0 Å². The number of anilines is 1. The first-order valence-corrected chi connectivity index (χ1v) is 7.89. The Hall–Kier alpha value is -3.17. The van der Waals surface area contributed by atoms with Crippen LogP contribution >= 0.6 is 11.6 Å². The highest BCUT2D eigenvalue weighted by Crippen LogP contribution is 2.33. The van der Waals surface area contributed by atoms with Crippen LogP contribution in [0.2, 0.25) is 5.02 Å². The number of nitrogens with zero attached hydrogens (tertiary/aromatic N) is 1. The van der Waals surface area contributed by atoms with Crippen LogP contribution in [-0.4, -0.2) is 27.2 Å². The summed E-state index contributed by atoms with van der Waals surface area (Å²) in [6.07, 6.45) is 1.41. The van der Waals surface area contributed by atoms with Gasteiger partial charge in [-0.05, 0) is 36.4 Å². The van der Waals surface area contributed by atoms with Crippen LogP contribution in [0.25, 0.3) is 6.08 Å². The van der Waals surface area contributed by atoms with Crippen molar-refractivity contribution >= 4 is 29.3 Å². The Morgan fingerprint density at radius 3 is 2.27 bits per heavy atom. The summed E-state index contributed by atoms with van der Waals surface area (Å²) in [4.78, 5) is 12.4. The van der Waals surface area contributed by atoms with Crippen molar-refractivity contribution in [2.24, 2.45) is 0 Å². The van der Waals surface area contributed by atoms with E-state index < -0.39 is 5.91 Å². The van der Waals surface area contributed by atoms with Gasteiger partial charge in [0, 0.05) is 17.3 Å². The minimum absolute atomic E-state index is 0.0969. The third-order valence-corrected chi connectivity index (χ3v) is 3.81. The molecule has 0 atom stereocenters. The van der Waals surface area contributed by atoms with E-state index in [1.165, 1.54) is 20.3 Å². The summed E-state index contributed by atoms with van der Waals surface area (Å²) in [5.41, 5.74) is 0.928. The van der Waals surface area contributed by atoms with Crippen molar-refractivity contribution in [3.05, 3.63) is 52.6 Å². The number of amides is 1. The summed E-state index contributed by atoms with van der Waals surface area (Å²) in [7, 11) is 4.51. The van der Waals surface area contributed by atoms with E-state index in [-0.39, 0.29) is 5.57 Å². The van der Waals surface area contributed by atoms with Gasteiger partial charge in [0.1, 0.15) is 28.9 Å². The molecule has 0 spiro atoms. The molecule has 0 aliphatic rings. The standard InChI is InChI=1S/C19H17ClN2O4/c1-24-15-6-4-14(5-7-15)22-19(23)13(11-21)8-12-9-16(20)18(26-3)10-17(12)25-2/h4-10H,1-3H3,(H,22,23)/b13-8+. The fourth-order valence-corrected chi connectivity index (χ4v) is 2.42. The quantitative estimate of drug-likeness (QED) is 0.614. The van der Waals surface area contributed by atoms with E-state index in [0.29, 0.717) is 33.5 Å². The van der Waals surface area contributed by atoms with E-state index in [9.17, 15) is 10.1 Å². The average molecular weight is 373 g/mol. The number of carbonyl (C=O) groups is 1. The van der Waals surface area contributed by atoms with Crippen LogP contribution in [0.15, 0.2) is 42.0 Å². The number of nitriles is 1. The third kappa shape index (κ3) is 4.47. The fraction of sp³-hybridized carbons (Fsp3) is 0.158. The molecule has 0 bridgehead atoms. The maximum atomic E-state index is 12.4. The Labute approximate surface area is 156 Å². The lowest BCUT2D eigenvalue weighted by molar-refractivity contribution is -0.112. The molecule has 0 fully saturated rings. The fourth-order valence-electron chi connectivity index (χ4n) is 2.17. The molecule has 0 radical (unpaired) electrons. The lowest BCUT2D eigenvalue weighted by atomic mass is 10.1. The van der Waals surface area contributed by atoms with Crippen LogP contribution in [0.5, 0.6) is 17.2 Å². The average Bonchev–Trinajstić information content (AvgIpc) is 2.66. The molecule has 7 heteroatoms. The second kappa shape index (κ2) is 8.79. The van der Waals surface area contributed by atoms with Gasteiger partial charge in [0.15, 0.2) is 0 Å². The van der Waals surface area contributed by atoms with E-state index >= 15 is 0 Å². The molecule has 1 amide bonds. The highest BCUT2D eigenvalue weighted by Gasteiger charge is 2.14. The molecule has 0 unspecified atom stereocenters. The Morgan fingerprint density at radius 1 is 1.08 bits per heavy atom. The van der Waals surface area contributed by atoms with Gasteiger partial charge in [-0.2, -0.15) is 5.26 Å². The molecule has 1 N–H and O–H groups in total. The van der Waals surface area contributed by atoms with Crippen LogP contribution in [0, 0.1) is 11.3 Å². The highest BCUT2D eigenvalue weighted by atomic mass is 35.5. The Morgan fingerprint density at radius 2 is 1.73 bits per heavy atom. The predicted molar refractivity (Wildman–Crippen MR) is 99.8 cm³/mol. The lowest BCUT2D eigenvalue weighted by Crippen LogP contribution is -2.13. The van der Waals surface area contributed by atoms with Gasteiger partial charge in [-0.3, -0.25) is 4.79 Å². The van der Waals surface area contributed by atoms with Crippen molar-refractivity contribution in [3.63, 3.8) is 0 Å². The highest BCUT2D eigenvalue weighted by molar-refractivity contribution is 6.32. The number of benzene rings is 2. The minimum atomic E-state index is -0.549. The number of halogens is 1. The molecule has 134 valence electrons. The molecule has 26 heavy (non-hydrogen) atoms. The number of hydrogen-bond acceptors (Lipinski definition) is 5. The first-order valence-electron chi connectivity index (χ1n) is 7.51. The van der Waals surface area contributed by atoms with Crippen LogP contribution in [0.3, 0.4) is 0 Å². The van der Waals surface area contributed by atoms with Gasteiger partial charge < -0.3 is 19.5 Å². The zero-order valence-electron chi connectivity index (χ0n) is 14.5. The number of nitrogens with one attached hydrogen (secondary N) is 1. The third-order valence-electron chi connectivity index (χ3n) is 3.52. The van der Waals surface area contributed by atoms with Gasteiger partial charge in [0.2, 0.25) is 0 Å². The van der Waals surface area contributed by atoms with Gasteiger partial charge in [-0.15, -0.1) is 0 Å². The number of ether oxygens (including phenoxy) is 3. The predicted octanol–water partition coefficient (Wildman–Crippen LogP) is 3.91. The normalized spacial score (nSPS) is 10.7. The zero-order valence-corrected chi connectivity index (χ0v) is 15.3. The molecular formula is C19H17ClN2O4. The maximum Gasteiger partial charge on any atom is 0.266 e. The topological polar surface area (TPSA) is 80.6 Å². The Kier molecular flexibility index (Phi) is 6.48. The van der Waals surface area contributed by atoms with E-state index in [2.05, 4.69) is 5.32 Å². The smallest absolute Gasteiger partial charge is 0.266 e. The first-order chi connectivity index (χ1) is 12.5. The molecular weight excluding hydrogens is 356 g/mol. The maximum absolute atomic E-state index is 12.4. The molecule has 0 aliphatic carbocycles. The summed E-state index contributed by atoms with van der Waals surface area (Å²) in [5, 5.41) is 12.3. The van der Waals surface area contributed by atoms with Crippen molar-refractivity contribution in [2.45, 2.75) is 0 Å². The summed E-state index contributed by atoms with van der Waals surface area (Å²) in [6, 6.07) is 11.8. The van der Waals surface area contributed by atoms with Crippen molar-refractivity contribution in [3.8, 4) is 23.3 Å². The van der Waals surface area contributed by atoms with E-state index in [1.54, 1.807) is 43.5 Å². The first kappa shape index (κ1) is 19.2. The molecule has 2 aromatic carbocycles. The molecule has 0 saturated heterocycles. The van der Waals surface area contributed by atoms with Crippen molar-refractivity contribution in [1.29, 1.82) is 5.26 Å². The van der Waals surface area contributed by atoms with Gasteiger partial charge in [-0.25, -0.2) is 0 Å². The van der Waals surface area contributed by atoms with Crippen molar-refractivity contribution < 1.29 is 19.0 Å². The number of hydrogen-bond donors (Lipinski definition) is 1. The molecule has 0 aromatic heterocycles. The molecule has 0 heterocycles. The Balaban J connectivity index is 2.30. The molecule has 0 saturated carbocycles. The SMILES string of the molecule is COc1ccc(NC(=O)/C(C#N)=C/c2cc(Cl)c(OC)cc2OC)cc1. The second-order valence-corrected chi connectivity index (χ2v) is 5.49. The van der Waals surface area contributed by atoms with Gasteiger partial charge in [0.25, 0.3) is 5.91 Å². The van der Waals surface area contributed by atoms with Crippen LogP contribution in [0.1, 0.15) is 5.56 Å². The monoisotopic (exact) mass is 372 g/mol. The number of rotatable bonds is 6. The summed E-state index contributed by atoms with van der Waals surface area (Å²) in [5.74, 6) is 0.974. The molecule has 2 aromatic rings. The van der Waals surface area contributed by atoms with E-state index in [0.717, 1.165) is 0 Å². The molecule has 6 nitrogen and oxygen atoms in total. The zero-order chi connectivity index (χ0) is 19.1. The second-order valence-electron chi connectivity index (χ2n) is 5.08. The van der Waals surface area contributed by atoms with Crippen LogP contribution in [0.4, 0.5) is 5.69 Å². The summed E-state index contributed by atoms with van der Waals surface area (Å²) >= 11 is 6.12. The van der Waals surface area contributed by atoms with Crippen LogP contribution in [-0.2, 0) is 4.79 Å². The van der Waals surface area contributed by atoms with Gasteiger partial charge >= 0.3 is 0 Å². The Bertz CT molecular complexity index is 870.